The van der Waals surface area contributed by atoms with E-state index in [0.717, 1.165) is 14.0 Å². The fourth-order valence-corrected chi connectivity index (χ4v) is 2.49. The number of hydrogen-bond donors (Lipinski definition) is 1. The van der Waals surface area contributed by atoms with Gasteiger partial charge < -0.3 is 4.74 Å². The third-order valence-electron chi connectivity index (χ3n) is 2.95. The molecular formula is C12H7F5O4S. The first kappa shape index (κ1) is 16.7. The predicted octanol–water partition coefficient (Wildman–Crippen LogP) is 4.28. The molecule has 22 heavy (non-hydrogen) atoms. The lowest BCUT2D eigenvalue weighted by atomic mass is 10.0. The quantitative estimate of drug-likeness (QED) is 0.295. The molecule has 4 nitrogen and oxygen atoms in total. The molecule has 0 saturated heterocycles. The standard InChI is InChI=1S/C12H7F5O4S/c1-3-4-5(7(14)10(17)11(19-2)8(4)15)9(16)12(6(3)13)22-21-20-18/h18H,1-2H3. The lowest BCUT2D eigenvalue weighted by Crippen LogP contribution is -2.05. The highest BCUT2D eigenvalue weighted by Crippen LogP contribution is 2.41. The SMILES string of the molecule is COc1c(F)c(F)c2c(F)c(SOOO)c(F)c(C)c2c1F. The Hall–Kier alpha value is -1.62. The molecule has 2 aromatic rings. The van der Waals surface area contributed by atoms with Crippen molar-refractivity contribution in [2.45, 2.75) is 11.8 Å². The molecule has 0 radical (unpaired) electrons. The summed E-state index contributed by atoms with van der Waals surface area (Å²) in [6, 6.07) is 0. The molecule has 0 aliphatic rings. The first-order valence-electron chi connectivity index (χ1n) is 5.53. The van der Waals surface area contributed by atoms with Crippen molar-refractivity contribution < 1.29 is 41.3 Å². The van der Waals surface area contributed by atoms with Crippen molar-refractivity contribution in [1.82, 2.24) is 0 Å². The number of ether oxygens (including phenoxy) is 1. The van der Waals surface area contributed by atoms with Gasteiger partial charge in [-0.1, -0.05) is 5.04 Å². The Morgan fingerprint density at radius 3 is 2.05 bits per heavy atom. The molecular weight excluding hydrogens is 335 g/mol. The molecule has 10 heteroatoms. The van der Waals surface area contributed by atoms with E-state index in [0.29, 0.717) is 0 Å². The maximum atomic E-state index is 14.2. The molecule has 0 saturated carbocycles. The molecule has 0 aliphatic carbocycles. The van der Waals surface area contributed by atoms with Gasteiger partial charge in [0, 0.05) is 5.39 Å². The molecule has 0 aliphatic heterocycles. The molecule has 0 unspecified atom stereocenters. The van der Waals surface area contributed by atoms with Gasteiger partial charge in [0.1, 0.15) is 10.7 Å². The number of halogens is 5. The van der Waals surface area contributed by atoms with Crippen LogP contribution in [-0.4, -0.2) is 12.4 Å². The topological polar surface area (TPSA) is 47.9 Å². The van der Waals surface area contributed by atoms with E-state index < -0.39 is 56.1 Å². The number of methoxy groups -OCH3 is 1. The Labute approximate surface area is 124 Å². The summed E-state index contributed by atoms with van der Waals surface area (Å²) in [6.45, 7) is 1.03. The summed E-state index contributed by atoms with van der Waals surface area (Å²) in [5.74, 6) is -8.95. The Morgan fingerprint density at radius 1 is 0.864 bits per heavy atom. The van der Waals surface area contributed by atoms with E-state index >= 15 is 0 Å². The minimum absolute atomic E-state index is 0.132. The van der Waals surface area contributed by atoms with E-state index in [-0.39, 0.29) is 12.0 Å². The van der Waals surface area contributed by atoms with E-state index in [1.54, 1.807) is 0 Å². The second kappa shape index (κ2) is 6.24. The number of rotatable bonds is 4. The van der Waals surface area contributed by atoms with Crippen molar-refractivity contribution in [3.63, 3.8) is 0 Å². The fraction of sp³-hybridized carbons (Fsp3) is 0.167. The van der Waals surface area contributed by atoms with Crippen LogP contribution in [0.5, 0.6) is 5.75 Å². The van der Waals surface area contributed by atoms with Gasteiger partial charge in [0.15, 0.2) is 23.2 Å². The van der Waals surface area contributed by atoms with Crippen molar-refractivity contribution in [1.29, 1.82) is 0 Å². The van der Waals surface area contributed by atoms with Gasteiger partial charge in [0.25, 0.3) is 0 Å². The molecule has 0 atom stereocenters. The molecule has 0 bridgehead atoms. The third-order valence-corrected chi connectivity index (χ3v) is 3.61. The normalized spacial score (nSPS) is 11.3. The van der Waals surface area contributed by atoms with Gasteiger partial charge in [-0.05, 0) is 12.5 Å². The van der Waals surface area contributed by atoms with E-state index in [1.807, 2.05) is 0 Å². The van der Waals surface area contributed by atoms with E-state index in [9.17, 15) is 22.0 Å². The van der Waals surface area contributed by atoms with Gasteiger partial charge in [-0.2, -0.15) is 4.39 Å². The van der Waals surface area contributed by atoms with Gasteiger partial charge >= 0.3 is 0 Å². The van der Waals surface area contributed by atoms with Crippen LogP contribution in [0.1, 0.15) is 5.56 Å². The second-order valence-electron chi connectivity index (χ2n) is 4.03. The van der Waals surface area contributed by atoms with Gasteiger partial charge in [-0.3, -0.25) is 0 Å². The number of benzene rings is 2. The van der Waals surface area contributed by atoms with Crippen molar-refractivity contribution in [3.05, 3.63) is 34.6 Å². The maximum Gasteiger partial charge on any atom is 0.204 e. The zero-order chi connectivity index (χ0) is 16.6. The highest BCUT2D eigenvalue weighted by atomic mass is 32.2. The molecule has 1 N–H and O–H groups in total. The number of aryl methyl sites for hydroxylation is 1. The zero-order valence-electron chi connectivity index (χ0n) is 11.0. The summed E-state index contributed by atoms with van der Waals surface area (Å²) in [5.41, 5.74) is -0.505. The highest BCUT2D eigenvalue weighted by Gasteiger charge is 2.29. The minimum Gasteiger partial charge on any atom is -0.491 e. The summed E-state index contributed by atoms with van der Waals surface area (Å²) in [4.78, 5) is -0.943. The van der Waals surface area contributed by atoms with E-state index in [2.05, 4.69) is 14.1 Å². The monoisotopic (exact) mass is 342 g/mol. The second-order valence-corrected chi connectivity index (χ2v) is 4.74. The van der Waals surface area contributed by atoms with Crippen LogP contribution >= 0.6 is 12.0 Å². The smallest absolute Gasteiger partial charge is 0.204 e. The van der Waals surface area contributed by atoms with E-state index in [1.165, 1.54) is 0 Å². The number of fused-ring (bicyclic) bond motifs is 1. The highest BCUT2D eigenvalue weighted by molar-refractivity contribution is 7.94. The molecule has 0 amide bonds. The van der Waals surface area contributed by atoms with Gasteiger partial charge in [0.2, 0.25) is 5.82 Å². The van der Waals surface area contributed by atoms with Crippen LogP contribution < -0.4 is 4.74 Å². The van der Waals surface area contributed by atoms with Gasteiger partial charge in [-0.15, -0.1) is 4.33 Å². The average molecular weight is 342 g/mol. The summed E-state index contributed by atoms with van der Waals surface area (Å²) in [6.07, 6.45) is 0. The first-order chi connectivity index (χ1) is 10.4. The first-order valence-corrected chi connectivity index (χ1v) is 6.27. The Balaban J connectivity index is 2.96. The molecule has 0 fully saturated rings. The molecule has 120 valence electrons. The van der Waals surface area contributed by atoms with Crippen LogP contribution in [-0.2, 0) is 9.37 Å². The summed E-state index contributed by atoms with van der Waals surface area (Å²) in [7, 11) is 0.880. The van der Waals surface area contributed by atoms with Crippen LogP contribution in [0.4, 0.5) is 22.0 Å². The van der Waals surface area contributed by atoms with Crippen molar-refractivity contribution in [3.8, 4) is 5.75 Å². The molecule has 0 aromatic heterocycles. The molecule has 2 aromatic carbocycles. The predicted molar refractivity (Wildman–Crippen MR) is 65.7 cm³/mol. The Kier molecular flexibility index (Phi) is 4.75. The van der Waals surface area contributed by atoms with Crippen LogP contribution in [0.2, 0.25) is 0 Å². The van der Waals surface area contributed by atoms with Crippen LogP contribution in [0.25, 0.3) is 10.8 Å². The summed E-state index contributed by atoms with van der Waals surface area (Å²) in [5, 5.41) is 9.28. The van der Waals surface area contributed by atoms with Gasteiger partial charge in [0.05, 0.1) is 24.5 Å². The minimum atomic E-state index is -1.76. The van der Waals surface area contributed by atoms with Crippen LogP contribution in [0.15, 0.2) is 4.90 Å². The third kappa shape index (κ3) is 2.37. The molecule has 0 heterocycles. The Morgan fingerprint density at radius 2 is 1.50 bits per heavy atom. The average Bonchev–Trinajstić information content (AvgIpc) is 2.49. The van der Waals surface area contributed by atoms with Crippen molar-refractivity contribution >= 4 is 22.8 Å². The van der Waals surface area contributed by atoms with Crippen molar-refractivity contribution in [2.24, 2.45) is 0 Å². The molecule has 2 rings (SSSR count). The van der Waals surface area contributed by atoms with Crippen LogP contribution in [0, 0.1) is 36.0 Å². The fourth-order valence-electron chi connectivity index (χ4n) is 1.99. The van der Waals surface area contributed by atoms with Gasteiger partial charge in [-0.25, -0.2) is 22.8 Å². The summed E-state index contributed by atoms with van der Waals surface area (Å²) >= 11 is -0.132. The zero-order valence-corrected chi connectivity index (χ0v) is 11.8. The maximum absolute atomic E-state index is 14.2. The lowest BCUT2D eigenvalue weighted by Gasteiger charge is -2.14. The largest absolute Gasteiger partial charge is 0.491 e. The van der Waals surface area contributed by atoms with Crippen molar-refractivity contribution in [2.75, 3.05) is 7.11 Å². The molecule has 0 spiro atoms. The lowest BCUT2D eigenvalue weighted by molar-refractivity contribution is -0.432. The Bertz CT molecular complexity index is 753. The number of hydrogen-bond acceptors (Lipinski definition) is 5. The van der Waals surface area contributed by atoms with Crippen LogP contribution in [0.3, 0.4) is 0 Å². The summed E-state index contributed by atoms with van der Waals surface area (Å²) < 4.78 is 78.3. The van der Waals surface area contributed by atoms with E-state index in [4.69, 9.17) is 5.26 Å².